The molecular weight excluding hydrogens is 589 g/mol. The largest absolute Gasteiger partial charge is 0.457 e. The van der Waals surface area contributed by atoms with E-state index >= 15 is 0 Å². The molecule has 3 heterocycles. The predicted molar refractivity (Wildman–Crippen MR) is 199 cm³/mol. The smallest absolute Gasteiger partial charge is 0.137 e. The van der Waals surface area contributed by atoms with Crippen LogP contribution in [0.25, 0.3) is 33.3 Å². The topological polar surface area (TPSA) is 44.9 Å². The first-order chi connectivity index (χ1) is 23.1. The van der Waals surface area contributed by atoms with Crippen molar-refractivity contribution in [1.29, 1.82) is 0 Å². The van der Waals surface area contributed by atoms with Gasteiger partial charge in [0.1, 0.15) is 17.3 Å². The van der Waals surface area contributed by atoms with Crippen molar-refractivity contribution in [3.8, 4) is 23.0 Å². The molecule has 5 nitrogen and oxygen atoms in total. The number of hydrogen-bond acceptors (Lipinski definition) is 3. The molecule has 0 saturated carbocycles. The fourth-order valence-electron chi connectivity index (χ4n) is 7.84. The number of hydrogen-bond donors (Lipinski definition) is 0. The fraction of sp³-hybridized carbons (Fsp3) is 0.349. The minimum absolute atomic E-state index is 0.319. The van der Waals surface area contributed by atoms with Crippen LogP contribution in [0.2, 0.25) is 0 Å². The van der Waals surface area contributed by atoms with E-state index in [0.717, 1.165) is 46.2 Å². The third-order valence-corrected chi connectivity index (χ3v) is 10.3. The Morgan fingerprint density at radius 2 is 1.65 bits per heavy atom. The highest BCUT2D eigenvalue weighted by molar-refractivity contribution is 6.09. The van der Waals surface area contributed by atoms with Crippen molar-refractivity contribution in [3.63, 3.8) is 0 Å². The van der Waals surface area contributed by atoms with Crippen LogP contribution in [0.15, 0.2) is 90.6 Å². The molecule has 7 rings (SSSR count). The van der Waals surface area contributed by atoms with Gasteiger partial charge in [-0.15, -0.1) is 0 Å². The number of nitrogens with zero attached hydrogens (tertiary/aromatic N) is 4. The summed E-state index contributed by atoms with van der Waals surface area (Å²) in [6.45, 7) is 18.2. The van der Waals surface area contributed by atoms with E-state index in [2.05, 4.69) is 144 Å². The molecule has 0 bridgehead atoms. The number of rotatable bonds is 8. The van der Waals surface area contributed by atoms with Gasteiger partial charge in [-0.25, -0.2) is 9.67 Å². The van der Waals surface area contributed by atoms with E-state index in [4.69, 9.17) is 14.8 Å². The van der Waals surface area contributed by atoms with E-state index < -0.39 is 0 Å². The van der Waals surface area contributed by atoms with Crippen LogP contribution in [-0.4, -0.2) is 19.3 Å². The number of aryl methyl sites for hydroxylation is 2. The van der Waals surface area contributed by atoms with Crippen molar-refractivity contribution in [1.82, 2.24) is 19.3 Å². The summed E-state index contributed by atoms with van der Waals surface area (Å²) in [6, 6.07) is 25.9. The summed E-state index contributed by atoms with van der Waals surface area (Å²) < 4.78 is 11.2. The molecule has 6 aromatic rings. The number of fused-ring (bicyclic) bond motifs is 3. The average molecular weight is 637 g/mol. The van der Waals surface area contributed by atoms with Gasteiger partial charge in [-0.2, -0.15) is 5.10 Å². The van der Waals surface area contributed by atoms with Crippen LogP contribution in [0.5, 0.6) is 11.5 Å². The van der Waals surface area contributed by atoms with E-state index in [9.17, 15) is 0 Å². The summed E-state index contributed by atoms with van der Waals surface area (Å²) in [6.07, 6.45) is 7.69. The standard InChI is InChI=1S/C43H48N4O/c1-9-31-19-20-44-40(21-31)46-38-16-11-10-15-36(38)37-18-17-34(25-39(37)46)48-35-23-32(26(2)3)22-33(24-35)47-43(27(4)5)42(30(8)45-47)41-28(6)13-12-14-29(41)7/h10-11,13,15-27,29,41H,9,12,14H2,1-8H3/t29?,41-/m0/s1. The van der Waals surface area contributed by atoms with Crippen molar-refractivity contribution >= 4 is 21.8 Å². The van der Waals surface area contributed by atoms with Gasteiger partial charge in [0.15, 0.2) is 0 Å². The highest BCUT2D eigenvalue weighted by Gasteiger charge is 2.32. The Labute approximate surface area is 285 Å². The van der Waals surface area contributed by atoms with E-state index in [1.54, 1.807) is 0 Å². The Hall–Kier alpha value is -4.64. The maximum atomic E-state index is 6.78. The Bertz CT molecular complexity index is 2160. The van der Waals surface area contributed by atoms with E-state index in [-0.39, 0.29) is 0 Å². The maximum Gasteiger partial charge on any atom is 0.137 e. The molecule has 48 heavy (non-hydrogen) atoms. The summed E-state index contributed by atoms with van der Waals surface area (Å²) in [5, 5.41) is 7.63. The van der Waals surface area contributed by atoms with E-state index in [1.807, 2.05) is 6.20 Å². The van der Waals surface area contributed by atoms with Gasteiger partial charge in [0.2, 0.25) is 0 Å². The molecule has 1 aliphatic rings. The molecule has 1 unspecified atom stereocenters. The lowest BCUT2D eigenvalue weighted by Gasteiger charge is -2.30. The second kappa shape index (κ2) is 12.8. The van der Waals surface area contributed by atoms with E-state index in [1.165, 1.54) is 51.6 Å². The second-order valence-corrected chi connectivity index (χ2v) is 14.4. The van der Waals surface area contributed by atoms with Crippen LogP contribution in [-0.2, 0) is 6.42 Å². The SMILES string of the molecule is CCc1ccnc(-n2c3ccccc3c3ccc(Oc4cc(C(C)C)cc(-n5nc(C)c([C@H]6C(C)=CCCC6C)c5C(C)C)c4)cc32)c1. The van der Waals surface area contributed by atoms with Crippen LogP contribution in [0.4, 0.5) is 0 Å². The highest BCUT2D eigenvalue weighted by atomic mass is 16.5. The Morgan fingerprint density at radius 3 is 2.40 bits per heavy atom. The molecule has 0 radical (unpaired) electrons. The zero-order valence-electron chi connectivity index (χ0n) is 29.7. The zero-order chi connectivity index (χ0) is 33.7. The summed E-state index contributed by atoms with van der Waals surface area (Å²) in [5.41, 5.74) is 11.1. The Morgan fingerprint density at radius 1 is 0.854 bits per heavy atom. The first kappa shape index (κ1) is 31.9. The molecule has 0 aliphatic heterocycles. The second-order valence-electron chi connectivity index (χ2n) is 14.4. The van der Waals surface area contributed by atoms with Crippen LogP contribution in [0, 0.1) is 12.8 Å². The van der Waals surface area contributed by atoms with Gasteiger partial charge >= 0.3 is 0 Å². The van der Waals surface area contributed by atoms with Gasteiger partial charge in [0.25, 0.3) is 0 Å². The molecule has 0 saturated heterocycles. The average Bonchev–Trinajstić information content (AvgIpc) is 3.59. The molecule has 0 spiro atoms. The summed E-state index contributed by atoms with van der Waals surface area (Å²) in [4.78, 5) is 4.80. The highest BCUT2D eigenvalue weighted by Crippen LogP contribution is 2.44. The van der Waals surface area contributed by atoms with Crippen molar-refractivity contribution in [2.24, 2.45) is 5.92 Å². The van der Waals surface area contributed by atoms with Gasteiger partial charge in [0.05, 0.1) is 28.1 Å². The van der Waals surface area contributed by atoms with Crippen molar-refractivity contribution in [3.05, 3.63) is 119 Å². The van der Waals surface area contributed by atoms with Crippen LogP contribution in [0.1, 0.15) is 107 Å². The first-order valence-electron chi connectivity index (χ1n) is 17.7. The molecule has 1 aliphatic carbocycles. The number of benzene rings is 3. The van der Waals surface area contributed by atoms with Gasteiger partial charge in [-0.05, 0) is 104 Å². The third-order valence-electron chi connectivity index (χ3n) is 10.3. The predicted octanol–water partition coefficient (Wildman–Crippen LogP) is 11.7. The molecule has 5 heteroatoms. The van der Waals surface area contributed by atoms with Crippen molar-refractivity contribution < 1.29 is 4.74 Å². The summed E-state index contributed by atoms with van der Waals surface area (Å²) >= 11 is 0. The normalized spacial score (nSPS) is 16.8. The third kappa shape index (κ3) is 5.63. The molecule has 3 aromatic carbocycles. The minimum atomic E-state index is 0.319. The Balaban J connectivity index is 1.35. The van der Waals surface area contributed by atoms with Gasteiger partial charge in [0, 0.05) is 40.6 Å². The van der Waals surface area contributed by atoms with Crippen LogP contribution >= 0.6 is 0 Å². The first-order valence-corrected chi connectivity index (χ1v) is 17.7. The number of pyridine rings is 1. The minimum Gasteiger partial charge on any atom is -0.457 e. The molecule has 0 amide bonds. The van der Waals surface area contributed by atoms with E-state index in [0.29, 0.717) is 23.7 Å². The maximum absolute atomic E-state index is 6.78. The lowest BCUT2D eigenvalue weighted by Crippen LogP contribution is -2.18. The molecule has 3 aromatic heterocycles. The van der Waals surface area contributed by atoms with Gasteiger partial charge in [-0.3, -0.25) is 4.57 Å². The monoisotopic (exact) mass is 636 g/mol. The summed E-state index contributed by atoms with van der Waals surface area (Å²) in [7, 11) is 0. The van der Waals surface area contributed by atoms with Gasteiger partial charge < -0.3 is 4.74 Å². The molecule has 2 atom stereocenters. The lowest BCUT2D eigenvalue weighted by molar-refractivity contribution is 0.445. The van der Waals surface area contributed by atoms with Crippen molar-refractivity contribution in [2.75, 3.05) is 0 Å². The quantitative estimate of drug-likeness (QED) is 0.156. The molecule has 246 valence electrons. The molecule has 0 N–H and O–H groups in total. The number of ether oxygens (including phenoxy) is 1. The Kier molecular flexibility index (Phi) is 8.49. The van der Waals surface area contributed by atoms with Crippen LogP contribution < -0.4 is 4.74 Å². The van der Waals surface area contributed by atoms with Crippen LogP contribution in [0.3, 0.4) is 0 Å². The van der Waals surface area contributed by atoms with Gasteiger partial charge in [-0.1, -0.05) is 71.4 Å². The molecular formula is C43H48N4O. The fourth-order valence-corrected chi connectivity index (χ4v) is 7.84. The zero-order valence-corrected chi connectivity index (χ0v) is 29.7. The number of allylic oxidation sites excluding steroid dienone is 2. The number of para-hydroxylation sites is 1. The molecule has 0 fully saturated rings. The lowest BCUT2D eigenvalue weighted by atomic mass is 9.74. The summed E-state index contributed by atoms with van der Waals surface area (Å²) in [5.74, 6) is 4.18. The van der Waals surface area contributed by atoms with Crippen molar-refractivity contribution in [2.45, 2.75) is 92.4 Å². The number of aromatic nitrogens is 4.